The molecule has 2 aromatic carbocycles. The molecule has 2 N–H and O–H groups in total. The van der Waals surface area contributed by atoms with Gasteiger partial charge in [0, 0.05) is 6.54 Å². The Labute approximate surface area is 153 Å². The minimum absolute atomic E-state index is 0.141. The lowest BCUT2D eigenvalue weighted by molar-refractivity contribution is 0.0957. The van der Waals surface area contributed by atoms with Gasteiger partial charge in [-0.1, -0.05) is 18.2 Å². The SMILES string of the molecule is Cc1nc(-c2c(F)cccc2F)sc1C(=O)NCCc1ccc(O)cc1. The molecule has 1 amide bonds. The Morgan fingerprint density at radius 3 is 2.46 bits per heavy atom. The first-order valence-corrected chi connectivity index (χ1v) is 8.75. The van der Waals surface area contributed by atoms with E-state index in [0.717, 1.165) is 29.0 Å². The highest BCUT2D eigenvalue weighted by atomic mass is 32.1. The Kier molecular flexibility index (Phi) is 5.27. The Morgan fingerprint density at radius 2 is 1.81 bits per heavy atom. The molecule has 0 saturated heterocycles. The summed E-state index contributed by atoms with van der Waals surface area (Å²) in [7, 11) is 0. The number of aryl methyl sites for hydroxylation is 1. The smallest absolute Gasteiger partial charge is 0.263 e. The third-order valence-corrected chi connectivity index (χ3v) is 4.99. The summed E-state index contributed by atoms with van der Waals surface area (Å²) in [4.78, 5) is 16.8. The number of phenols is 1. The van der Waals surface area contributed by atoms with Crippen LogP contribution in [0.3, 0.4) is 0 Å². The van der Waals surface area contributed by atoms with Gasteiger partial charge in [0.05, 0.1) is 11.3 Å². The van der Waals surface area contributed by atoms with Gasteiger partial charge in [-0.25, -0.2) is 13.8 Å². The van der Waals surface area contributed by atoms with Crippen LogP contribution in [0.2, 0.25) is 0 Å². The molecule has 0 aliphatic carbocycles. The summed E-state index contributed by atoms with van der Waals surface area (Å²) in [6, 6.07) is 10.3. The molecular formula is C19H16F2N2O2S. The number of nitrogens with one attached hydrogen (secondary N) is 1. The van der Waals surface area contributed by atoms with E-state index in [4.69, 9.17) is 0 Å². The van der Waals surface area contributed by atoms with E-state index in [1.165, 1.54) is 6.07 Å². The summed E-state index contributed by atoms with van der Waals surface area (Å²) in [5.74, 6) is -1.57. The molecule has 1 heterocycles. The third kappa shape index (κ3) is 3.88. The topological polar surface area (TPSA) is 62.2 Å². The minimum Gasteiger partial charge on any atom is -0.508 e. The Hall–Kier alpha value is -2.80. The maximum absolute atomic E-state index is 13.9. The van der Waals surface area contributed by atoms with Crippen LogP contribution in [0.4, 0.5) is 8.78 Å². The second-order valence-corrected chi connectivity index (χ2v) is 6.70. The second kappa shape index (κ2) is 7.61. The zero-order valence-electron chi connectivity index (χ0n) is 13.9. The van der Waals surface area contributed by atoms with E-state index in [-0.39, 0.29) is 22.2 Å². The number of hydrogen-bond donors (Lipinski definition) is 2. The van der Waals surface area contributed by atoms with Crippen LogP contribution in [0.1, 0.15) is 20.9 Å². The molecule has 0 aliphatic rings. The van der Waals surface area contributed by atoms with Crippen LogP contribution in [0.5, 0.6) is 5.75 Å². The van der Waals surface area contributed by atoms with Crippen molar-refractivity contribution in [3.05, 3.63) is 70.2 Å². The van der Waals surface area contributed by atoms with Crippen molar-refractivity contribution in [3.8, 4) is 16.3 Å². The highest BCUT2D eigenvalue weighted by Gasteiger charge is 2.20. The van der Waals surface area contributed by atoms with Crippen LogP contribution >= 0.6 is 11.3 Å². The van der Waals surface area contributed by atoms with Gasteiger partial charge in [0.1, 0.15) is 27.3 Å². The van der Waals surface area contributed by atoms with E-state index in [0.29, 0.717) is 23.5 Å². The molecule has 3 rings (SSSR count). The summed E-state index contributed by atoms with van der Waals surface area (Å²) in [5, 5.41) is 12.2. The van der Waals surface area contributed by atoms with Crippen molar-refractivity contribution in [2.45, 2.75) is 13.3 Å². The van der Waals surface area contributed by atoms with Gasteiger partial charge in [0.15, 0.2) is 0 Å². The fourth-order valence-corrected chi connectivity index (χ4v) is 3.51. The summed E-state index contributed by atoms with van der Waals surface area (Å²) < 4.78 is 27.8. The molecule has 0 spiro atoms. The molecule has 0 unspecified atom stereocenters. The van der Waals surface area contributed by atoms with Gasteiger partial charge in [0.25, 0.3) is 5.91 Å². The Morgan fingerprint density at radius 1 is 1.15 bits per heavy atom. The largest absolute Gasteiger partial charge is 0.508 e. The lowest BCUT2D eigenvalue weighted by Crippen LogP contribution is -2.25. The van der Waals surface area contributed by atoms with Crippen LogP contribution in [-0.2, 0) is 6.42 Å². The molecule has 3 aromatic rings. The van der Waals surface area contributed by atoms with Gasteiger partial charge >= 0.3 is 0 Å². The second-order valence-electron chi connectivity index (χ2n) is 5.70. The molecule has 0 atom stereocenters. The van der Waals surface area contributed by atoms with Crippen LogP contribution in [0, 0.1) is 18.6 Å². The third-order valence-electron chi connectivity index (χ3n) is 3.82. The number of hydrogen-bond acceptors (Lipinski definition) is 4. The van der Waals surface area contributed by atoms with Crippen molar-refractivity contribution in [3.63, 3.8) is 0 Å². The first-order valence-electron chi connectivity index (χ1n) is 7.93. The van der Waals surface area contributed by atoms with Crippen LogP contribution in [0.25, 0.3) is 10.6 Å². The number of benzene rings is 2. The average Bonchev–Trinajstić information content (AvgIpc) is 2.98. The number of aromatic nitrogens is 1. The normalized spacial score (nSPS) is 10.7. The number of amides is 1. The van der Waals surface area contributed by atoms with Crippen molar-refractivity contribution in [1.29, 1.82) is 0 Å². The standard InChI is InChI=1S/C19H16F2N2O2S/c1-11-17(18(25)22-10-9-12-5-7-13(24)8-6-12)26-19(23-11)16-14(20)3-2-4-15(16)21/h2-8,24H,9-10H2,1H3,(H,22,25). The van der Waals surface area contributed by atoms with Gasteiger partial charge in [0.2, 0.25) is 0 Å². The number of thiazole rings is 1. The minimum atomic E-state index is -0.710. The highest BCUT2D eigenvalue weighted by molar-refractivity contribution is 7.17. The molecule has 0 fully saturated rings. The number of phenolic OH excluding ortho intramolecular Hbond substituents is 1. The molecule has 7 heteroatoms. The summed E-state index contributed by atoms with van der Waals surface area (Å²) >= 11 is 0.961. The molecular weight excluding hydrogens is 358 g/mol. The number of carbonyl (C=O) groups excluding carboxylic acids is 1. The molecule has 134 valence electrons. The number of aromatic hydroxyl groups is 1. The molecule has 0 bridgehead atoms. The van der Waals surface area contributed by atoms with E-state index >= 15 is 0 Å². The zero-order chi connectivity index (χ0) is 18.7. The molecule has 1 aromatic heterocycles. The molecule has 0 aliphatic heterocycles. The van der Waals surface area contributed by atoms with E-state index in [1.54, 1.807) is 31.2 Å². The van der Waals surface area contributed by atoms with Crippen molar-refractivity contribution < 1.29 is 18.7 Å². The van der Waals surface area contributed by atoms with Crippen LogP contribution < -0.4 is 5.32 Å². The average molecular weight is 374 g/mol. The quantitative estimate of drug-likeness (QED) is 0.708. The number of halogens is 2. The highest BCUT2D eigenvalue weighted by Crippen LogP contribution is 2.31. The summed E-state index contributed by atoms with van der Waals surface area (Å²) in [6.07, 6.45) is 0.596. The fraction of sp³-hybridized carbons (Fsp3) is 0.158. The van der Waals surface area contributed by atoms with Crippen molar-refractivity contribution in [1.82, 2.24) is 10.3 Å². The monoisotopic (exact) mass is 374 g/mol. The van der Waals surface area contributed by atoms with Gasteiger partial charge in [-0.15, -0.1) is 11.3 Å². The van der Waals surface area contributed by atoms with Crippen molar-refractivity contribution in [2.24, 2.45) is 0 Å². The van der Waals surface area contributed by atoms with Gasteiger partial charge < -0.3 is 10.4 Å². The molecule has 0 saturated carbocycles. The number of rotatable bonds is 5. The predicted molar refractivity (Wildman–Crippen MR) is 96.3 cm³/mol. The summed E-state index contributed by atoms with van der Waals surface area (Å²) in [6.45, 7) is 2.03. The lowest BCUT2D eigenvalue weighted by Gasteiger charge is -2.04. The van der Waals surface area contributed by atoms with E-state index in [2.05, 4.69) is 10.3 Å². The molecule has 0 radical (unpaired) electrons. The summed E-state index contributed by atoms with van der Waals surface area (Å²) in [5.41, 5.74) is 1.18. The Bertz CT molecular complexity index is 919. The maximum Gasteiger partial charge on any atom is 0.263 e. The fourth-order valence-electron chi connectivity index (χ4n) is 2.48. The predicted octanol–water partition coefficient (Wildman–Crippen LogP) is 4.07. The van der Waals surface area contributed by atoms with Gasteiger partial charge in [-0.2, -0.15) is 0 Å². The number of nitrogens with zero attached hydrogens (tertiary/aromatic N) is 1. The van der Waals surface area contributed by atoms with Crippen LogP contribution in [-0.4, -0.2) is 22.5 Å². The molecule has 4 nitrogen and oxygen atoms in total. The first kappa shape index (κ1) is 18.0. The zero-order valence-corrected chi connectivity index (χ0v) is 14.7. The lowest BCUT2D eigenvalue weighted by atomic mass is 10.1. The Balaban J connectivity index is 1.70. The van der Waals surface area contributed by atoms with E-state index in [9.17, 15) is 18.7 Å². The van der Waals surface area contributed by atoms with Gasteiger partial charge in [-0.3, -0.25) is 4.79 Å². The van der Waals surface area contributed by atoms with Crippen molar-refractivity contribution >= 4 is 17.2 Å². The van der Waals surface area contributed by atoms with Crippen LogP contribution in [0.15, 0.2) is 42.5 Å². The van der Waals surface area contributed by atoms with Gasteiger partial charge in [-0.05, 0) is 43.2 Å². The first-order chi connectivity index (χ1) is 12.5. The molecule has 26 heavy (non-hydrogen) atoms. The number of carbonyl (C=O) groups is 1. The maximum atomic E-state index is 13.9. The van der Waals surface area contributed by atoms with E-state index in [1.807, 2.05) is 0 Å². The van der Waals surface area contributed by atoms with E-state index < -0.39 is 11.6 Å². The van der Waals surface area contributed by atoms with Crippen molar-refractivity contribution in [2.75, 3.05) is 6.54 Å².